The van der Waals surface area contributed by atoms with E-state index in [4.69, 9.17) is 10.3 Å². The van der Waals surface area contributed by atoms with Gasteiger partial charge in [0.25, 0.3) is 0 Å². The van der Waals surface area contributed by atoms with Crippen LogP contribution in [0.4, 0.5) is 17.5 Å². The van der Waals surface area contributed by atoms with Crippen LogP contribution in [-0.4, -0.2) is 37.8 Å². The number of hydrogen-bond acceptors (Lipinski definition) is 7. The topological polar surface area (TPSA) is 102 Å². The third-order valence-corrected chi connectivity index (χ3v) is 7.34. The summed E-state index contributed by atoms with van der Waals surface area (Å²) in [5.74, 6) is 7.94. The third kappa shape index (κ3) is 4.90. The Labute approximate surface area is 211 Å². The molecule has 2 unspecified atom stereocenters. The van der Waals surface area contributed by atoms with E-state index in [2.05, 4.69) is 37.9 Å². The summed E-state index contributed by atoms with van der Waals surface area (Å²) in [6.07, 6.45) is 4.22. The van der Waals surface area contributed by atoms with Gasteiger partial charge in [-0.1, -0.05) is 35.6 Å². The minimum absolute atomic E-state index is 0.242. The Hall–Kier alpha value is -3.92. The Kier molecular flexibility index (Phi) is 6.36. The minimum Gasteiger partial charge on any atom is -0.452 e. The van der Waals surface area contributed by atoms with Crippen molar-refractivity contribution in [2.24, 2.45) is 0 Å². The standard InChI is InChI=1S/C27H27N6O2P/c1-19-4-8-22(9-5-19)35-36(3)33-24(11-16-30-33)27(2,34)14-10-20-6-7-21-13-17-32(23(21)18-20)25-12-15-29-26(28)31-25/h4-9,11-12,15-16,18,34H,13,17H2,1-3H3,(H2,28,29,31). The lowest BCUT2D eigenvalue weighted by molar-refractivity contribution is 0.115. The molecule has 1 aliphatic heterocycles. The molecule has 0 aliphatic carbocycles. The lowest BCUT2D eigenvalue weighted by atomic mass is 10.0. The van der Waals surface area contributed by atoms with E-state index in [1.165, 1.54) is 5.56 Å². The Morgan fingerprint density at radius 1 is 1.11 bits per heavy atom. The second-order valence-electron chi connectivity index (χ2n) is 8.81. The first kappa shape index (κ1) is 23.8. The van der Waals surface area contributed by atoms with Crippen LogP contribution in [0.5, 0.6) is 5.75 Å². The van der Waals surface area contributed by atoms with Crippen LogP contribution in [0.25, 0.3) is 0 Å². The fourth-order valence-electron chi connectivity index (χ4n) is 4.13. The van der Waals surface area contributed by atoms with Crippen molar-refractivity contribution in [2.75, 3.05) is 23.8 Å². The number of fused-ring (bicyclic) bond motifs is 1. The summed E-state index contributed by atoms with van der Waals surface area (Å²) < 4.78 is 7.82. The van der Waals surface area contributed by atoms with Gasteiger partial charge < -0.3 is 20.3 Å². The van der Waals surface area contributed by atoms with E-state index in [1.807, 2.05) is 56.1 Å². The zero-order valence-corrected chi connectivity index (χ0v) is 21.3. The van der Waals surface area contributed by atoms with E-state index in [-0.39, 0.29) is 5.95 Å². The lowest BCUT2D eigenvalue weighted by Crippen LogP contribution is -2.23. The molecule has 3 N–H and O–H groups in total. The van der Waals surface area contributed by atoms with Gasteiger partial charge in [-0.15, -0.1) is 0 Å². The van der Waals surface area contributed by atoms with Gasteiger partial charge >= 0.3 is 0 Å². The molecule has 0 amide bonds. The molecule has 2 atom stereocenters. The molecular weight excluding hydrogens is 471 g/mol. The molecule has 9 heteroatoms. The van der Waals surface area contributed by atoms with Gasteiger partial charge in [0.05, 0.1) is 5.69 Å². The molecular formula is C27H27N6O2P. The number of rotatable bonds is 5. The summed E-state index contributed by atoms with van der Waals surface area (Å²) >= 11 is 0. The maximum atomic E-state index is 11.3. The van der Waals surface area contributed by atoms with Gasteiger partial charge in [0.15, 0.2) is 5.60 Å². The van der Waals surface area contributed by atoms with E-state index in [9.17, 15) is 5.11 Å². The Morgan fingerprint density at radius 2 is 1.92 bits per heavy atom. The van der Waals surface area contributed by atoms with Crippen LogP contribution in [0.1, 0.15) is 29.3 Å². The highest BCUT2D eigenvalue weighted by Crippen LogP contribution is 2.39. The monoisotopic (exact) mass is 498 g/mol. The Balaban J connectivity index is 1.38. The molecule has 0 bridgehead atoms. The first-order chi connectivity index (χ1) is 17.3. The van der Waals surface area contributed by atoms with E-state index in [1.54, 1.807) is 29.8 Å². The number of anilines is 3. The fraction of sp³-hybridized carbons (Fsp3) is 0.222. The predicted octanol–water partition coefficient (Wildman–Crippen LogP) is 4.39. The maximum absolute atomic E-state index is 11.3. The van der Waals surface area contributed by atoms with Gasteiger partial charge in [0, 0.05) is 36.9 Å². The summed E-state index contributed by atoms with van der Waals surface area (Å²) in [6, 6.07) is 17.6. The molecule has 8 nitrogen and oxygen atoms in total. The first-order valence-electron chi connectivity index (χ1n) is 11.6. The smallest absolute Gasteiger partial charge is 0.221 e. The van der Waals surface area contributed by atoms with Crippen LogP contribution in [0, 0.1) is 18.8 Å². The maximum Gasteiger partial charge on any atom is 0.221 e. The molecule has 3 heterocycles. The average Bonchev–Trinajstić information content (AvgIpc) is 3.52. The minimum atomic E-state index is -1.43. The quantitative estimate of drug-likeness (QED) is 0.311. The van der Waals surface area contributed by atoms with Crippen LogP contribution in [0.3, 0.4) is 0 Å². The Morgan fingerprint density at radius 3 is 2.69 bits per heavy atom. The van der Waals surface area contributed by atoms with Gasteiger partial charge in [-0.05, 0) is 62.2 Å². The number of benzene rings is 2. The first-order valence-corrected chi connectivity index (χ1v) is 13.2. The second-order valence-corrected chi connectivity index (χ2v) is 10.3. The molecule has 0 saturated carbocycles. The Bertz CT molecular complexity index is 1460. The number of aryl methyl sites for hydroxylation is 1. The molecule has 0 saturated heterocycles. The van der Waals surface area contributed by atoms with Crippen LogP contribution in [0.2, 0.25) is 0 Å². The molecule has 1 aliphatic rings. The lowest BCUT2D eigenvalue weighted by Gasteiger charge is -2.22. The number of hydrogen-bond donors (Lipinski definition) is 2. The average molecular weight is 499 g/mol. The van der Waals surface area contributed by atoms with Crippen molar-refractivity contribution in [3.05, 3.63) is 89.4 Å². The van der Waals surface area contributed by atoms with Gasteiger partial charge in [0.2, 0.25) is 14.2 Å². The largest absolute Gasteiger partial charge is 0.452 e. The van der Waals surface area contributed by atoms with Gasteiger partial charge in [-0.2, -0.15) is 10.1 Å². The molecule has 5 rings (SSSR count). The normalized spacial score (nSPS) is 14.9. The van der Waals surface area contributed by atoms with Crippen molar-refractivity contribution in [1.82, 2.24) is 19.5 Å². The predicted molar refractivity (Wildman–Crippen MR) is 142 cm³/mol. The SMILES string of the molecule is Cc1ccc(OP(C)n2nccc2C(C)(O)C#Cc2ccc3c(c2)N(c2ccnc(N)n2)CC3)cc1. The molecule has 2 aromatic heterocycles. The molecule has 36 heavy (non-hydrogen) atoms. The number of aromatic nitrogens is 4. The number of aliphatic hydroxyl groups is 1. The van der Waals surface area contributed by atoms with Crippen LogP contribution in [-0.2, 0) is 12.0 Å². The van der Waals surface area contributed by atoms with Crippen molar-refractivity contribution < 1.29 is 9.63 Å². The summed E-state index contributed by atoms with van der Waals surface area (Å²) in [5, 5.41) is 15.7. The summed E-state index contributed by atoms with van der Waals surface area (Å²) in [6.45, 7) is 6.46. The molecule has 0 radical (unpaired) electrons. The molecule has 4 aromatic rings. The zero-order valence-electron chi connectivity index (χ0n) is 20.4. The van der Waals surface area contributed by atoms with Crippen molar-refractivity contribution in [1.29, 1.82) is 0 Å². The number of nitrogens with two attached hydrogens (primary N) is 1. The van der Waals surface area contributed by atoms with Crippen LogP contribution >= 0.6 is 8.30 Å². The van der Waals surface area contributed by atoms with Crippen LogP contribution in [0.15, 0.2) is 67.0 Å². The highest BCUT2D eigenvalue weighted by atomic mass is 31.2. The van der Waals surface area contributed by atoms with Gasteiger partial charge in [-0.25, -0.2) is 9.44 Å². The van der Waals surface area contributed by atoms with Crippen molar-refractivity contribution in [2.45, 2.75) is 25.9 Å². The van der Waals surface area contributed by atoms with Gasteiger partial charge in [-0.3, -0.25) is 0 Å². The fourth-order valence-corrected chi connectivity index (χ4v) is 5.41. The van der Waals surface area contributed by atoms with Crippen molar-refractivity contribution >= 4 is 25.8 Å². The van der Waals surface area contributed by atoms with E-state index < -0.39 is 13.9 Å². The second kappa shape index (κ2) is 9.62. The highest BCUT2D eigenvalue weighted by molar-refractivity contribution is 7.50. The number of nitrogen functional groups attached to an aromatic ring is 1. The molecule has 2 aromatic carbocycles. The summed E-state index contributed by atoms with van der Waals surface area (Å²) in [5.41, 5.74) is 9.15. The summed E-state index contributed by atoms with van der Waals surface area (Å²) in [4.78, 5) is 10.5. The van der Waals surface area contributed by atoms with E-state index in [0.29, 0.717) is 5.69 Å². The van der Waals surface area contributed by atoms with Crippen LogP contribution < -0.4 is 15.2 Å². The highest BCUT2D eigenvalue weighted by Gasteiger charge is 2.28. The van der Waals surface area contributed by atoms with E-state index in [0.717, 1.165) is 41.3 Å². The molecule has 182 valence electrons. The number of nitrogens with zero attached hydrogens (tertiary/aromatic N) is 5. The van der Waals surface area contributed by atoms with E-state index >= 15 is 0 Å². The molecule has 0 spiro atoms. The molecule has 0 fully saturated rings. The van der Waals surface area contributed by atoms with Gasteiger partial charge in [0.1, 0.15) is 11.6 Å². The van der Waals surface area contributed by atoms with Crippen molar-refractivity contribution in [3.63, 3.8) is 0 Å². The third-order valence-electron chi connectivity index (χ3n) is 6.02. The summed E-state index contributed by atoms with van der Waals surface area (Å²) in [7, 11) is -1.16. The van der Waals surface area contributed by atoms with Crippen molar-refractivity contribution in [3.8, 4) is 17.6 Å². The zero-order chi connectivity index (χ0) is 25.3.